The van der Waals surface area contributed by atoms with Crippen LogP contribution in [0.5, 0.6) is 0 Å². The monoisotopic (exact) mass is 341 g/mol. The molecule has 0 aliphatic carbocycles. The van der Waals surface area contributed by atoms with Crippen molar-refractivity contribution in [2.75, 3.05) is 13.7 Å². The molecular weight excluding hydrogens is 326 g/mol. The van der Waals surface area contributed by atoms with E-state index in [1.165, 1.54) is 12.1 Å². The van der Waals surface area contributed by atoms with Crippen LogP contribution in [0.4, 0.5) is 0 Å². The van der Waals surface area contributed by atoms with Gasteiger partial charge in [0.2, 0.25) is 0 Å². The zero-order valence-corrected chi connectivity index (χ0v) is 13.1. The molecular formula is C14H15NO7S. The topological polar surface area (TPSA) is 118 Å². The fourth-order valence-electron chi connectivity index (χ4n) is 2.32. The zero-order chi connectivity index (χ0) is 17.2. The third-order valence-electron chi connectivity index (χ3n) is 3.58. The van der Waals surface area contributed by atoms with E-state index in [9.17, 15) is 27.4 Å². The summed E-state index contributed by atoms with van der Waals surface area (Å²) in [6.45, 7) is -0.526. The Morgan fingerprint density at radius 2 is 1.74 bits per heavy atom. The van der Waals surface area contributed by atoms with Gasteiger partial charge in [0.05, 0.1) is 18.2 Å². The molecule has 1 aliphatic heterocycles. The SMILES string of the molecule is COC(=O)CCC(CN1C(=O)c2ccccc2C1=O)S(=O)(=O)O. The number of methoxy groups -OCH3 is 1. The standard InChI is InChI=1S/C14H15NO7S/c1-22-12(16)7-6-9(23(19,20)21)8-15-13(17)10-4-2-3-5-11(10)14(15)18/h2-5,9H,6-8H2,1H3,(H,19,20,21). The van der Waals surface area contributed by atoms with Gasteiger partial charge in [-0.2, -0.15) is 8.42 Å². The van der Waals surface area contributed by atoms with Crippen LogP contribution in [0.2, 0.25) is 0 Å². The molecule has 1 aromatic carbocycles. The van der Waals surface area contributed by atoms with E-state index in [0.717, 1.165) is 12.0 Å². The van der Waals surface area contributed by atoms with Gasteiger partial charge in [0.1, 0.15) is 5.25 Å². The Morgan fingerprint density at radius 3 is 2.17 bits per heavy atom. The fraction of sp³-hybridized carbons (Fsp3) is 0.357. The van der Waals surface area contributed by atoms with Crippen molar-refractivity contribution in [1.29, 1.82) is 0 Å². The van der Waals surface area contributed by atoms with E-state index < -0.39 is 39.7 Å². The van der Waals surface area contributed by atoms with Gasteiger partial charge in [-0.15, -0.1) is 0 Å². The Kier molecular flexibility index (Phi) is 4.81. The molecule has 0 aromatic heterocycles. The maximum absolute atomic E-state index is 12.2. The lowest BCUT2D eigenvalue weighted by molar-refractivity contribution is -0.140. The second kappa shape index (κ2) is 6.47. The maximum Gasteiger partial charge on any atom is 0.305 e. The summed E-state index contributed by atoms with van der Waals surface area (Å²) in [5, 5.41) is -1.45. The highest BCUT2D eigenvalue weighted by Gasteiger charge is 2.38. The molecule has 1 aliphatic rings. The molecule has 23 heavy (non-hydrogen) atoms. The summed E-state index contributed by atoms with van der Waals surface area (Å²) in [5.74, 6) is -1.91. The third-order valence-corrected chi connectivity index (χ3v) is 4.81. The Balaban J connectivity index is 2.19. The molecule has 1 N–H and O–H groups in total. The van der Waals surface area contributed by atoms with E-state index in [0.29, 0.717) is 0 Å². The number of hydrogen-bond donors (Lipinski definition) is 1. The van der Waals surface area contributed by atoms with Crippen LogP contribution in [-0.2, 0) is 19.6 Å². The number of rotatable bonds is 6. The number of nitrogens with zero attached hydrogens (tertiary/aromatic N) is 1. The minimum absolute atomic E-state index is 0.180. The van der Waals surface area contributed by atoms with Crippen LogP contribution in [0.3, 0.4) is 0 Å². The molecule has 1 heterocycles. The van der Waals surface area contributed by atoms with Crippen molar-refractivity contribution in [3.8, 4) is 0 Å². The predicted molar refractivity (Wildman–Crippen MR) is 78.4 cm³/mol. The van der Waals surface area contributed by atoms with Crippen LogP contribution < -0.4 is 0 Å². The molecule has 0 radical (unpaired) electrons. The van der Waals surface area contributed by atoms with E-state index >= 15 is 0 Å². The van der Waals surface area contributed by atoms with E-state index in [1.54, 1.807) is 12.1 Å². The molecule has 0 bridgehead atoms. The van der Waals surface area contributed by atoms with Crippen molar-refractivity contribution in [1.82, 2.24) is 4.90 Å². The number of fused-ring (bicyclic) bond motifs is 1. The first-order chi connectivity index (χ1) is 10.8. The fourth-order valence-corrected chi connectivity index (χ4v) is 3.08. The summed E-state index contributed by atoms with van der Waals surface area (Å²) < 4.78 is 36.6. The molecule has 0 spiro atoms. The van der Waals surface area contributed by atoms with Crippen LogP contribution in [0.15, 0.2) is 24.3 Å². The first kappa shape index (κ1) is 17.1. The molecule has 1 unspecified atom stereocenters. The number of carbonyl (C=O) groups excluding carboxylic acids is 3. The normalized spacial score (nSPS) is 15.5. The van der Waals surface area contributed by atoms with Crippen LogP contribution in [0, 0.1) is 0 Å². The highest BCUT2D eigenvalue weighted by Crippen LogP contribution is 2.24. The quantitative estimate of drug-likeness (QED) is 0.454. The molecule has 124 valence electrons. The second-order valence-corrected chi connectivity index (χ2v) is 6.71. The molecule has 2 rings (SSSR count). The molecule has 1 atom stereocenters. The van der Waals surface area contributed by atoms with Gasteiger partial charge in [-0.25, -0.2) is 0 Å². The first-order valence-corrected chi connectivity index (χ1v) is 8.24. The first-order valence-electron chi connectivity index (χ1n) is 6.74. The summed E-state index contributed by atoms with van der Waals surface area (Å²) in [5.41, 5.74) is 0.360. The smallest absolute Gasteiger partial charge is 0.305 e. The van der Waals surface area contributed by atoms with Gasteiger partial charge >= 0.3 is 5.97 Å². The highest BCUT2D eigenvalue weighted by molar-refractivity contribution is 7.86. The Labute approximate surface area is 132 Å². The van der Waals surface area contributed by atoms with Gasteiger partial charge in [-0.1, -0.05) is 12.1 Å². The lowest BCUT2D eigenvalue weighted by Gasteiger charge is -2.20. The van der Waals surface area contributed by atoms with Gasteiger partial charge in [0.15, 0.2) is 0 Å². The molecule has 9 heteroatoms. The third kappa shape index (κ3) is 3.57. The van der Waals surface area contributed by atoms with Crippen LogP contribution >= 0.6 is 0 Å². The summed E-state index contributed by atoms with van der Waals surface area (Å²) in [4.78, 5) is 36.3. The Morgan fingerprint density at radius 1 is 1.22 bits per heavy atom. The molecule has 0 fully saturated rings. The number of imide groups is 1. The van der Waals surface area contributed by atoms with Crippen molar-refractivity contribution in [2.24, 2.45) is 0 Å². The number of benzene rings is 1. The molecule has 2 amide bonds. The molecule has 8 nitrogen and oxygen atoms in total. The van der Waals surface area contributed by atoms with Crippen molar-refractivity contribution in [3.63, 3.8) is 0 Å². The molecule has 1 aromatic rings. The molecule has 0 saturated carbocycles. The number of amides is 2. The van der Waals surface area contributed by atoms with Crippen LogP contribution in [0.1, 0.15) is 33.6 Å². The van der Waals surface area contributed by atoms with E-state index in [1.807, 2.05) is 0 Å². The summed E-state index contributed by atoms with van der Waals surface area (Å²) in [6.07, 6.45) is -0.525. The van der Waals surface area contributed by atoms with Gasteiger partial charge in [-0.05, 0) is 18.6 Å². The van der Waals surface area contributed by atoms with Gasteiger partial charge in [0, 0.05) is 13.0 Å². The maximum atomic E-state index is 12.2. The predicted octanol–water partition coefficient (Wildman–Crippen LogP) is 0.492. The number of hydrogen-bond acceptors (Lipinski definition) is 6. The number of ether oxygens (including phenoxy) is 1. The van der Waals surface area contributed by atoms with Crippen molar-refractivity contribution < 1.29 is 32.1 Å². The summed E-state index contributed by atoms with van der Waals surface area (Å²) in [7, 11) is -3.40. The van der Waals surface area contributed by atoms with Crippen LogP contribution in [0.25, 0.3) is 0 Å². The van der Waals surface area contributed by atoms with Crippen molar-refractivity contribution >= 4 is 27.9 Å². The summed E-state index contributed by atoms with van der Waals surface area (Å²) in [6, 6.07) is 6.11. The average Bonchev–Trinajstić information content (AvgIpc) is 2.74. The minimum atomic E-state index is -4.54. The minimum Gasteiger partial charge on any atom is -0.469 e. The number of carbonyl (C=O) groups is 3. The average molecular weight is 341 g/mol. The van der Waals surface area contributed by atoms with E-state index in [2.05, 4.69) is 4.74 Å². The van der Waals surface area contributed by atoms with E-state index in [-0.39, 0.29) is 24.0 Å². The van der Waals surface area contributed by atoms with Crippen LogP contribution in [-0.4, -0.2) is 54.6 Å². The Hall–Kier alpha value is -2.26. The largest absolute Gasteiger partial charge is 0.469 e. The van der Waals surface area contributed by atoms with E-state index in [4.69, 9.17) is 0 Å². The second-order valence-electron chi connectivity index (χ2n) is 5.02. The van der Waals surface area contributed by atoms with Gasteiger partial charge < -0.3 is 4.74 Å². The lowest BCUT2D eigenvalue weighted by atomic mass is 10.1. The van der Waals surface area contributed by atoms with Crippen molar-refractivity contribution in [3.05, 3.63) is 35.4 Å². The van der Waals surface area contributed by atoms with Gasteiger partial charge in [-0.3, -0.25) is 23.8 Å². The Bertz CT molecular complexity index is 721. The molecule has 0 saturated heterocycles. The number of esters is 1. The van der Waals surface area contributed by atoms with Gasteiger partial charge in [0.25, 0.3) is 21.9 Å². The van der Waals surface area contributed by atoms with Crippen molar-refractivity contribution in [2.45, 2.75) is 18.1 Å². The summed E-state index contributed by atoms with van der Waals surface area (Å²) >= 11 is 0. The lowest BCUT2D eigenvalue weighted by Crippen LogP contribution is -2.40. The highest BCUT2D eigenvalue weighted by atomic mass is 32.2. The zero-order valence-electron chi connectivity index (χ0n) is 12.3.